The van der Waals surface area contributed by atoms with Crippen LogP contribution in [0.2, 0.25) is 0 Å². The van der Waals surface area contributed by atoms with Gasteiger partial charge in [-0.2, -0.15) is 0 Å². The van der Waals surface area contributed by atoms with E-state index in [0.29, 0.717) is 17.8 Å². The number of rotatable bonds is 3. The fourth-order valence-electron chi connectivity index (χ4n) is 3.93. The Balaban J connectivity index is 0.00000176. The molecule has 0 amide bonds. The summed E-state index contributed by atoms with van der Waals surface area (Å²) >= 11 is 0. The number of nitrogens with one attached hydrogen (secondary N) is 1. The van der Waals surface area contributed by atoms with Gasteiger partial charge in [-0.3, -0.25) is 0 Å². The lowest BCUT2D eigenvalue weighted by atomic mass is 9.78. The molecule has 1 heterocycles. The van der Waals surface area contributed by atoms with Crippen molar-refractivity contribution in [1.29, 1.82) is 0 Å². The molecule has 0 aromatic heterocycles. The first-order valence-corrected chi connectivity index (χ1v) is 8.20. The van der Waals surface area contributed by atoms with Crippen LogP contribution in [0, 0.1) is 18.8 Å². The number of fused-ring (bicyclic) bond motifs is 1. The minimum Gasteiger partial charge on any atom is -0.488 e. The second kappa shape index (κ2) is 7.20. The summed E-state index contributed by atoms with van der Waals surface area (Å²) < 4.78 is 6.11. The van der Waals surface area contributed by atoms with Crippen molar-refractivity contribution in [2.24, 2.45) is 11.8 Å². The lowest BCUT2D eigenvalue weighted by Gasteiger charge is -2.35. The van der Waals surface area contributed by atoms with E-state index in [1.165, 1.54) is 11.1 Å². The van der Waals surface area contributed by atoms with Crippen LogP contribution in [0.4, 0.5) is 0 Å². The molecule has 0 unspecified atom stereocenters. The minimum atomic E-state index is -0.337. The summed E-state index contributed by atoms with van der Waals surface area (Å²) in [5.74, 6) is 2.72. The third-order valence-corrected chi connectivity index (χ3v) is 5.14. The van der Waals surface area contributed by atoms with Crippen LogP contribution in [-0.4, -0.2) is 30.4 Å². The van der Waals surface area contributed by atoms with Crippen LogP contribution in [0.25, 0.3) is 0 Å². The van der Waals surface area contributed by atoms with Gasteiger partial charge >= 0.3 is 0 Å². The quantitative estimate of drug-likeness (QED) is 0.896. The average Bonchev–Trinajstić information content (AvgIpc) is 2.86. The van der Waals surface area contributed by atoms with Gasteiger partial charge in [-0.15, -0.1) is 12.4 Å². The van der Waals surface area contributed by atoms with Crippen molar-refractivity contribution in [3.63, 3.8) is 0 Å². The van der Waals surface area contributed by atoms with Crippen LogP contribution in [0.5, 0.6) is 5.75 Å². The highest BCUT2D eigenvalue weighted by Gasteiger charge is 2.39. The molecule has 0 spiro atoms. The van der Waals surface area contributed by atoms with Gasteiger partial charge in [0.05, 0.1) is 6.10 Å². The van der Waals surface area contributed by atoms with E-state index in [2.05, 4.69) is 38.2 Å². The van der Waals surface area contributed by atoms with Gasteiger partial charge in [-0.25, -0.2) is 0 Å². The van der Waals surface area contributed by atoms with Crippen LogP contribution in [0.1, 0.15) is 43.7 Å². The Morgan fingerprint density at radius 1 is 1.18 bits per heavy atom. The second-order valence-corrected chi connectivity index (χ2v) is 7.05. The molecule has 124 valence electrons. The molecular formula is C18H28ClNO2. The SMILES string of the molecule is Cc1cc(O[C@@H]2C[C@@H]3CNC[C@@H]3C[C@H]2O)ccc1C(C)C.Cl. The molecule has 0 bridgehead atoms. The molecule has 1 aromatic rings. The predicted molar refractivity (Wildman–Crippen MR) is 92.0 cm³/mol. The maximum absolute atomic E-state index is 10.3. The molecule has 2 N–H and O–H groups in total. The Labute approximate surface area is 139 Å². The van der Waals surface area contributed by atoms with Crippen molar-refractivity contribution in [3.05, 3.63) is 29.3 Å². The predicted octanol–water partition coefficient (Wildman–Crippen LogP) is 3.28. The molecule has 2 fully saturated rings. The lowest BCUT2D eigenvalue weighted by Crippen LogP contribution is -2.42. The number of aliphatic hydroxyl groups is 1. The molecule has 3 nitrogen and oxygen atoms in total. The smallest absolute Gasteiger partial charge is 0.125 e. The summed E-state index contributed by atoms with van der Waals surface area (Å²) in [7, 11) is 0. The van der Waals surface area contributed by atoms with Gasteiger partial charge in [0.2, 0.25) is 0 Å². The molecule has 1 aromatic carbocycles. The molecule has 1 aliphatic heterocycles. The normalized spacial score (nSPS) is 30.8. The minimum absolute atomic E-state index is 0. The fraction of sp³-hybridized carbons (Fsp3) is 0.667. The molecule has 4 atom stereocenters. The molecule has 3 rings (SSSR count). The van der Waals surface area contributed by atoms with Crippen LogP contribution in [0.3, 0.4) is 0 Å². The second-order valence-electron chi connectivity index (χ2n) is 7.05. The van der Waals surface area contributed by atoms with Gasteiger partial charge in [0.15, 0.2) is 0 Å². The third kappa shape index (κ3) is 3.58. The van der Waals surface area contributed by atoms with Crippen LogP contribution in [0.15, 0.2) is 18.2 Å². The maximum atomic E-state index is 10.3. The topological polar surface area (TPSA) is 41.5 Å². The highest BCUT2D eigenvalue weighted by molar-refractivity contribution is 5.85. The Kier molecular flexibility index (Phi) is 5.76. The van der Waals surface area contributed by atoms with Crippen LogP contribution >= 0.6 is 12.4 Å². The van der Waals surface area contributed by atoms with Gasteiger partial charge in [0, 0.05) is 0 Å². The van der Waals surface area contributed by atoms with E-state index in [9.17, 15) is 5.11 Å². The van der Waals surface area contributed by atoms with Gasteiger partial charge < -0.3 is 15.2 Å². The van der Waals surface area contributed by atoms with E-state index in [0.717, 1.165) is 31.7 Å². The Morgan fingerprint density at radius 2 is 1.86 bits per heavy atom. The zero-order valence-electron chi connectivity index (χ0n) is 13.7. The standard InChI is InChI=1S/C18H27NO2.ClH/c1-11(2)16-5-4-15(6-12(16)3)21-18-8-14-10-19-9-13(14)7-17(18)20;/h4-6,11,13-14,17-20H,7-10H2,1-3H3;1H/t13-,14+,17+,18+;/m0./s1. The summed E-state index contributed by atoms with van der Waals surface area (Å²) in [5.41, 5.74) is 2.64. The van der Waals surface area contributed by atoms with E-state index < -0.39 is 0 Å². The van der Waals surface area contributed by atoms with Gasteiger partial charge in [0.1, 0.15) is 11.9 Å². The van der Waals surface area contributed by atoms with Gasteiger partial charge in [0.25, 0.3) is 0 Å². The van der Waals surface area contributed by atoms with E-state index >= 15 is 0 Å². The number of aliphatic hydroxyl groups excluding tert-OH is 1. The molecular weight excluding hydrogens is 298 g/mol. The van der Waals surface area contributed by atoms with Crippen LogP contribution < -0.4 is 10.1 Å². The number of aryl methyl sites for hydroxylation is 1. The van der Waals surface area contributed by atoms with Gasteiger partial charge in [-0.05, 0) is 73.9 Å². The Bertz CT molecular complexity index is 506. The lowest BCUT2D eigenvalue weighted by molar-refractivity contribution is -0.0231. The summed E-state index contributed by atoms with van der Waals surface area (Å²) in [6.07, 6.45) is 1.43. The molecule has 1 aliphatic carbocycles. The van der Waals surface area contributed by atoms with Crippen molar-refractivity contribution < 1.29 is 9.84 Å². The van der Waals surface area contributed by atoms with E-state index in [-0.39, 0.29) is 24.6 Å². The van der Waals surface area contributed by atoms with E-state index in [1.807, 2.05) is 6.07 Å². The van der Waals surface area contributed by atoms with Crippen LogP contribution in [-0.2, 0) is 0 Å². The van der Waals surface area contributed by atoms with Crippen molar-refractivity contribution in [2.45, 2.75) is 51.7 Å². The molecule has 2 aliphatic rings. The zero-order chi connectivity index (χ0) is 15.0. The van der Waals surface area contributed by atoms with Crippen molar-refractivity contribution >= 4 is 12.4 Å². The van der Waals surface area contributed by atoms with Gasteiger partial charge in [-0.1, -0.05) is 19.9 Å². The number of hydrogen-bond donors (Lipinski definition) is 2. The summed E-state index contributed by atoms with van der Waals surface area (Å²) in [4.78, 5) is 0. The van der Waals surface area contributed by atoms with E-state index in [4.69, 9.17) is 4.74 Å². The summed E-state index contributed by atoms with van der Waals surface area (Å²) in [6.45, 7) is 8.68. The highest BCUT2D eigenvalue weighted by Crippen LogP contribution is 2.35. The number of hydrogen-bond acceptors (Lipinski definition) is 3. The first kappa shape index (κ1) is 17.6. The molecule has 22 heavy (non-hydrogen) atoms. The Hall–Kier alpha value is -0.770. The Morgan fingerprint density at radius 3 is 2.50 bits per heavy atom. The largest absolute Gasteiger partial charge is 0.488 e. The summed E-state index contributed by atoms with van der Waals surface area (Å²) in [6, 6.07) is 6.32. The van der Waals surface area contributed by atoms with Crippen molar-refractivity contribution in [3.8, 4) is 5.75 Å². The maximum Gasteiger partial charge on any atom is 0.125 e. The number of benzene rings is 1. The average molecular weight is 326 g/mol. The number of halogens is 1. The zero-order valence-corrected chi connectivity index (χ0v) is 14.5. The highest BCUT2D eigenvalue weighted by atomic mass is 35.5. The first-order valence-electron chi connectivity index (χ1n) is 8.20. The van der Waals surface area contributed by atoms with Crippen molar-refractivity contribution in [1.82, 2.24) is 5.32 Å². The van der Waals surface area contributed by atoms with Crippen molar-refractivity contribution in [2.75, 3.05) is 13.1 Å². The molecule has 1 saturated heterocycles. The van der Waals surface area contributed by atoms with E-state index in [1.54, 1.807) is 0 Å². The molecule has 4 heteroatoms. The third-order valence-electron chi connectivity index (χ3n) is 5.14. The number of ether oxygens (including phenoxy) is 1. The monoisotopic (exact) mass is 325 g/mol. The molecule has 1 saturated carbocycles. The fourth-order valence-corrected chi connectivity index (χ4v) is 3.93. The first-order chi connectivity index (χ1) is 10.0. The summed E-state index contributed by atoms with van der Waals surface area (Å²) in [5, 5.41) is 13.8. The molecule has 0 radical (unpaired) electrons.